The lowest BCUT2D eigenvalue weighted by Gasteiger charge is -2.25. The Bertz CT molecular complexity index is 1390. The minimum absolute atomic E-state index is 0.0120. The zero-order chi connectivity index (χ0) is 25.1. The molecule has 1 aliphatic rings. The first-order valence-corrected chi connectivity index (χ1v) is 11.7. The number of aromatic carboxylic acids is 1. The van der Waals surface area contributed by atoms with Gasteiger partial charge in [0.2, 0.25) is 5.91 Å². The van der Waals surface area contributed by atoms with Gasteiger partial charge < -0.3 is 25.1 Å². The van der Waals surface area contributed by atoms with E-state index in [-0.39, 0.29) is 24.1 Å². The number of nitrogens with zero attached hydrogens (tertiary/aromatic N) is 2. The number of nitrogens with one attached hydrogen (secondary N) is 2. The number of thiocarbonyl (C=S) groups is 1. The summed E-state index contributed by atoms with van der Waals surface area (Å²) in [4.78, 5) is 30.4. The van der Waals surface area contributed by atoms with Gasteiger partial charge in [0, 0.05) is 17.4 Å². The van der Waals surface area contributed by atoms with E-state index >= 15 is 0 Å². The number of aromatic nitrogens is 1. The Morgan fingerprint density at radius 1 is 1.00 bits per heavy atom. The van der Waals surface area contributed by atoms with Crippen LogP contribution in [0.2, 0.25) is 0 Å². The Labute approximate surface area is 212 Å². The van der Waals surface area contributed by atoms with Crippen LogP contribution in [0, 0.1) is 0 Å². The third-order valence-electron chi connectivity index (χ3n) is 5.90. The fourth-order valence-corrected chi connectivity index (χ4v) is 4.51. The second-order valence-corrected chi connectivity index (χ2v) is 8.64. The molecular weight excluding hydrogens is 476 g/mol. The molecule has 3 N–H and O–H groups in total. The number of anilines is 1. The average Bonchev–Trinajstić information content (AvgIpc) is 3.50. The predicted octanol–water partition coefficient (Wildman–Crippen LogP) is 4.65. The van der Waals surface area contributed by atoms with Crippen LogP contribution in [0.15, 0.2) is 95.5 Å². The van der Waals surface area contributed by atoms with Crippen molar-refractivity contribution in [1.82, 2.24) is 15.2 Å². The monoisotopic (exact) mass is 498 g/mol. The zero-order valence-corrected chi connectivity index (χ0v) is 19.8. The first-order chi connectivity index (χ1) is 17.5. The molecule has 0 unspecified atom stereocenters. The van der Waals surface area contributed by atoms with Gasteiger partial charge in [0.25, 0.3) is 0 Å². The summed E-state index contributed by atoms with van der Waals surface area (Å²) in [6.07, 6.45) is 1.71. The third kappa shape index (κ3) is 4.82. The van der Waals surface area contributed by atoms with Crippen LogP contribution < -0.4 is 10.6 Å². The number of carbonyl (C=O) groups excluding carboxylic acids is 1. The van der Waals surface area contributed by atoms with E-state index in [4.69, 9.17) is 21.7 Å². The van der Waals surface area contributed by atoms with Gasteiger partial charge >= 0.3 is 5.97 Å². The van der Waals surface area contributed by atoms with Crippen LogP contribution in [0.1, 0.15) is 33.9 Å². The maximum absolute atomic E-state index is 12.9. The molecule has 0 saturated carbocycles. The number of benzene rings is 2. The molecule has 1 fully saturated rings. The molecular formula is C27H22N4O4S. The van der Waals surface area contributed by atoms with Gasteiger partial charge in [0.05, 0.1) is 17.3 Å². The minimum Gasteiger partial charge on any atom is -0.478 e. The second-order valence-electron chi connectivity index (χ2n) is 8.25. The maximum atomic E-state index is 12.9. The van der Waals surface area contributed by atoms with Gasteiger partial charge in [-0.1, -0.05) is 36.4 Å². The molecule has 36 heavy (non-hydrogen) atoms. The van der Waals surface area contributed by atoms with Gasteiger partial charge in [0.1, 0.15) is 24.1 Å². The van der Waals surface area contributed by atoms with E-state index < -0.39 is 12.0 Å². The van der Waals surface area contributed by atoms with Crippen molar-refractivity contribution in [2.45, 2.75) is 12.1 Å². The summed E-state index contributed by atoms with van der Waals surface area (Å²) in [5, 5.41) is 15.8. The van der Waals surface area contributed by atoms with Crippen LogP contribution in [-0.4, -0.2) is 38.5 Å². The van der Waals surface area contributed by atoms with E-state index in [2.05, 4.69) is 15.6 Å². The van der Waals surface area contributed by atoms with E-state index in [0.717, 1.165) is 11.3 Å². The summed E-state index contributed by atoms with van der Waals surface area (Å²) in [7, 11) is 0. The Hall–Kier alpha value is -4.50. The molecule has 0 aliphatic carbocycles. The van der Waals surface area contributed by atoms with Gasteiger partial charge in [-0.05, 0) is 60.7 Å². The molecule has 2 atom stereocenters. The quantitative estimate of drug-likeness (QED) is 0.316. The van der Waals surface area contributed by atoms with Gasteiger partial charge in [-0.3, -0.25) is 9.78 Å². The maximum Gasteiger partial charge on any atom is 0.335 e. The highest BCUT2D eigenvalue weighted by Crippen LogP contribution is 2.40. The molecule has 0 radical (unpaired) electrons. The van der Waals surface area contributed by atoms with E-state index in [1.165, 1.54) is 12.1 Å². The van der Waals surface area contributed by atoms with Crippen molar-refractivity contribution < 1.29 is 19.1 Å². The lowest BCUT2D eigenvalue weighted by molar-refractivity contribution is -0.116. The molecule has 1 saturated heterocycles. The lowest BCUT2D eigenvalue weighted by atomic mass is 10.0. The number of carboxylic acids is 1. The summed E-state index contributed by atoms with van der Waals surface area (Å²) in [6, 6.07) is 24.2. The largest absolute Gasteiger partial charge is 0.478 e. The number of carbonyl (C=O) groups is 2. The molecule has 8 nitrogen and oxygen atoms in total. The Balaban J connectivity index is 1.45. The fourth-order valence-electron chi connectivity index (χ4n) is 4.21. The Morgan fingerprint density at radius 3 is 2.44 bits per heavy atom. The summed E-state index contributed by atoms with van der Waals surface area (Å²) >= 11 is 5.63. The third-order valence-corrected chi connectivity index (χ3v) is 6.26. The second kappa shape index (κ2) is 10.0. The van der Waals surface area contributed by atoms with E-state index in [1.807, 2.05) is 60.7 Å². The number of para-hydroxylation sites is 1. The zero-order valence-electron chi connectivity index (χ0n) is 19.0. The van der Waals surface area contributed by atoms with E-state index in [1.54, 1.807) is 23.2 Å². The molecule has 2 aromatic heterocycles. The molecule has 0 spiro atoms. The molecule has 5 rings (SSSR count). The lowest BCUT2D eigenvalue weighted by Crippen LogP contribution is -2.36. The van der Waals surface area contributed by atoms with Crippen molar-refractivity contribution in [3.05, 3.63) is 108 Å². The van der Waals surface area contributed by atoms with E-state index in [0.29, 0.717) is 22.3 Å². The van der Waals surface area contributed by atoms with Crippen LogP contribution in [0.5, 0.6) is 0 Å². The number of rotatable bonds is 7. The number of hydrogen-bond donors (Lipinski definition) is 3. The first-order valence-electron chi connectivity index (χ1n) is 11.3. The molecule has 9 heteroatoms. The van der Waals surface area contributed by atoms with Gasteiger partial charge in [0.15, 0.2) is 5.11 Å². The summed E-state index contributed by atoms with van der Waals surface area (Å²) in [5.74, 6) is -0.0287. The number of hydrogen-bond acceptors (Lipinski definition) is 5. The molecule has 0 bridgehead atoms. The molecule has 2 aromatic carbocycles. The predicted molar refractivity (Wildman–Crippen MR) is 138 cm³/mol. The number of pyridine rings is 1. The van der Waals surface area contributed by atoms with Gasteiger partial charge in [-0.25, -0.2) is 4.79 Å². The molecule has 1 amide bonds. The fraction of sp³-hybridized carbons (Fsp3) is 0.111. The topological polar surface area (TPSA) is 108 Å². The van der Waals surface area contributed by atoms with E-state index in [9.17, 15) is 9.59 Å². The van der Waals surface area contributed by atoms with Crippen molar-refractivity contribution in [1.29, 1.82) is 0 Å². The SMILES string of the molecule is O=C(CN1C(=S)N[C@H](c2ccccn2)[C@@H]1c1ccc(-c2ccc(C(=O)O)cc2)o1)Nc1ccccc1. The van der Waals surface area contributed by atoms with Crippen LogP contribution in [-0.2, 0) is 4.79 Å². The first kappa shape index (κ1) is 23.3. The Morgan fingerprint density at radius 2 is 1.75 bits per heavy atom. The molecule has 180 valence electrons. The number of furan rings is 1. The molecule has 1 aliphatic heterocycles. The van der Waals surface area contributed by atoms with Crippen molar-refractivity contribution in [3.63, 3.8) is 0 Å². The highest BCUT2D eigenvalue weighted by atomic mass is 32.1. The van der Waals surface area contributed by atoms with Crippen LogP contribution in [0.4, 0.5) is 5.69 Å². The minimum atomic E-state index is -0.991. The van der Waals surface area contributed by atoms with Crippen LogP contribution in [0.3, 0.4) is 0 Å². The highest BCUT2D eigenvalue weighted by molar-refractivity contribution is 7.80. The smallest absolute Gasteiger partial charge is 0.335 e. The standard InChI is InChI=1S/C27H22N4O4S/c32-23(29-19-6-2-1-3-7-19)16-31-25(24(30-27(31)36)20-8-4-5-15-28-20)22-14-13-21(35-22)17-9-11-18(12-10-17)26(33)34/h1-15,24-25H,16H2,(H,29,32)(H,30,36)(H,33,34)/t24-,25+/m1/s1. The van der Waals surface area contributed by atoms with Crippen LogP contribution >= 0.6 is 12.2 Å². The molecule has 3 heterocycles. The summed E-state index contributed by atoms with van der Waals surface area (Å²) in [5.41, 5.74) is 2.40. The molecule has 4 aromatic rings. The number of amides is 1. The Kier molecular flexibility index (Phi) is 6.46. The van der Waals surface area contributed by atoms with Crippen LogP contribution in [0.25, 0.3) is 11.3 Å². The summed E-state index contributed by atoms with van der Waals surface area (Å²) < 4.78 is 6.24. The summed E-state index contributed by atoms with van der Waals surface area (Å²) in [6.45, 7) is 0.0120. The van der Waals surface area contributed by atoms with Crippen molar-refractivity contribution in [2.75, 3.05) is 11.9 Å². The van der Waals surface area contributed by atoms with Crippen molar-refractivity contribution in [3.8, 4) is 11.3 Å². The normalized spacial score (nSPS) is 17.0. The van der Waals surface area contributed by atoms with Gasteiger partial charge in [-0.2, -0.15) is 0 Å². The average molecular weight is 499 g/mol. The number of carboxylic acid groups (broad SMARTS) is 1. The van der Waals surface area contributed by atoms with Crippen molar-refractivity contribution >= 4 is 34.9 Å². The van der Waals surface area contributed by atoms with Gasteiger partial charge in [-0.15, -0.1) is 0 Å². The van der Waals surface area contributed by atoms with Crippen molar-refractivity contribution in [2.24, 2.45) is 0 Å². The highest BCUT2D eigenvalue weighted by Gasteiger charge is 2.42.